The van der Waals surface area contributed by atoms with E-state index in [1.54, 1.807) is 6.08 Å². The fourth-order valence-electron chi connectivity index (χ4n) is 1.93. The third kappa shape index (κ3) is 3.81. The molecule has 1 aliphatic carbocycles. The van der Waals surface area contributed by atoms with Crippen LogP contribution in [0, 0.1) is 17.3 Å². The summed E-state index contributed by atoms with van der Waals surface area (Å²) >= 11 is 27.5. The first-order valence-electron chi connectivity index (χ1n) is 5.06. The summed E-state index contributed by atoms with van der Waals surface area (Å²) in [5.74, 6) is -0.883. The first kappa shape index (κ1) is 16.7. The Labute approximate surface area is 130 Å². The van der Waals surface area contributed by atoms with E-state index in [0.29, 0.717) is 0 Å². The van der Waals surface area contributed by atoms with Crippen molar-refractivity contribution in [2.24, 2.45) is 17.3 Å². The lowest BCUT2D eigenvalue weighted by molar-refractivity contribution is -0.126. The van der Waals surface area contributed by atoms with Gasteiger partial charge in [0.15, 0.2) is 6.23 Å². The number of rotatable bonds is 3. The van der Waals surface area contributed by atoms with Crippen LogP contribution in [-0.2, 0) is 4.79 Å². The van der Waals surface area contributed by atoms with Gasteiger partial charge in [-0.1, -0.05) is 71.9 Å². The van der Waals surface area contributed by atoms with Crippen molar-refractivity contribution in [2.45, 2.75) is 23.9 Å². The molecule has 1 rings (SSSR count). The van der Waals surface area contributed by atoms with Crippen LogP contribution in [0.4, 0.5) is 0 Å². The minimum absolute atomic E-state index is 0.102. The van der Waals surface area contributed by atoms with Crippen LogP contribution in [0.3, 0.4) is 0 Å². The molecule has 0 spiro atoms. The van der Waals surface area contributed by atoms with Crippen molar-refractivity contribution < 1.29 is 9.90 Å². The van der Waals surface area contributed by atoms with Crippen LogP contribution in [0.1, 0.15) is 13.8 Å². The van der Waals surface area contributed by atoms with Crippen molar-refractivity contribution in [3.05, 3.63) is 10.6 Å². The number of nitrogens with one attached hydrogen (secondary N) is 1. The van der Waals surface area contributed by atoms with Crippen LogP contribution in [0.5, 0.6) is 0 Å². The Morgan fingerprint density at radius 3 is 2.28 bits per heavy atom. The largest absolute Gasteiger partial charge is 0.369 e. The number of hydrogen-bond donors (Lipinski definition) is 2. The molecule has 1 aliphatic rings. The molecule has 0 aromatic rings. The monoisotopic (exact) mass is 353 g/mol. The summed E-state index contributed by atoms with van der Waals surface area (Å²) in [6.07, 6.45) is 0.0252. The van der Waals surface area contributed by atoms with Crippen molar-refractivity contribution in [1.29, 1.82) is 0 Å². The van der Waals surface area contributed by atoms with Gasteiger partial charge in [-0.2, -0.15) is 0 Å². The van der Waals surface area contributed by atoms with Crippen LogP contribution in [0.15, 0.2) is 10.6 Å². The molecule has 0 saturated heterocycles. The second-order valence-corrected chi connectivity index (χ2v) is 8.11. The van der Waals surface area contributed by atoms with E-state index >= 15 is 0 Å². The molecule has 0 heterocycles. The van der Waals surface area contributed by atoms with E-state index in [0.717, 1.165) is 0 Å². The molecule has 1 saturated carbocycles. The number of amides is 1. The Kier molecular flexibility index (Phi) is 5.14. The first-order valence-corrected chi connectivity index (χ1v) is 6.95. The summed E-state index contributed by atoms with van der Waals surface area (Å²) in [6.45, 7) is 3.77. The number of carbonyl (C=O) groups excluding carboxylic acids is 1. The number of aliphatic hydroxyl groups is 1. The lowest BCUT2D eigenvalue weighted by atomic mass is 10.1. The summed E-state index contributed by atoms with van der Waals surface area (Å²) in [5.41, 5.74) is -0.299. The molecule has 0 aromatic carbocycles. The molecule has 0 radical (unpaired) electrons. The molecule has 1 amide bonds. The Hall–Kier alpha value is 0.620. The van der Waals surface area contributed by atoms with Gasteiger partial charge in [0.2, 0.25) is 9.70 Å². The SMILES string of the molecule is CC1(C)C(C=C(Cl)Cl)C1C(=O)NC(O)C(Cl)(Cl)Cl. The molecule has 104 valence electrons. The van der Waals surface area contributed by atoms with Crippen LogP contribution in [0.2, 0.25) is 0 Å². The van der Waals surface area contributed by atoms with Gasteiger partial charge in [-0.15, -0.1) is 0 Å². The van der Waals surface area contributed by atoms with E-state index < -0.39 is 15.9 Å². The third-order valence-corrected chi connectivity index (χ3v) is 3.96. The third-order valence-electron chi connectivity index (χ3n) is 3.09. The lowest BCUT2D eigenvalue weighted by Gasteiger charge is -2.20. The number of hydrogen-bond acceptors (Lipinski definition) is 2. The summed E-state index contributed by atoms with van der Waals surface area (Å²) < 4.78 is -1.87. The predicted molar refractivity (Wildman–Crippen MR) is 75.0 cm³/mol. The predicted octanol–water partition coefficient (Wildman–Crippen LogP) is 3.38. The highest BCUT2D eigenvalue weighted by atomic mass is 35.6. The highest BCUT2D eigenvalue weighted by Gasteiger charge is 2.61. The Morgan fingerprint density at radius 1 is 1.39 bits per heavy atom. The topological polar surface area (TPSA) is 49.3 Å². The lowest BCUT2D eigenvalue weighted by Crippen LogP contribution is -2.44. The van der Waals surface area contributed by atoms with Crippen LogP contribution < -0.4 is 5.32 Å². The Morgan fingerprint density at radius 2 is 1.89 bits per heavy atom. The van der Waals surface area contributed by atoms with Gasteiger partial charge in [0.25, 0.3) is 0 Å². The van der Waals surface area contributed by atoms with Crippen LogP contribution in [-0.4, -0.2) is 21.0 Å². The highest BCUT2D eigenvalue weighted by Crippen LogP contribution is 2.59. The molecule has 0 aliphatic heterocycles. The van der Waals surface area contributed by atoms with Gasteiger partial charge in [0.05, 0.1) is 5.92 Å². The Bertz CT molecular complexity index is 373. The molecule has 3 unspecified atom stereocenters. The summed E-state index contributed by atoms with van der Waals surface area (Å²) in [7, 11) is 0. The van der Waals surface area contributed by atoms with E-state index in [9.17, 15) is 9.90 Å². The number of allylic oxidation sites excluding steroid dienone is 1. The maximum atomic E-state index is 11.9. The highest BCUT2D eigenvalue weighted by molar-refractivity contribution is 6.68. The van der Waals surface area contributed by atoms with Crippen molar-refractivity contribution in [2.75, 3.05) is 0 Å². The molecule has 0 bridgehead atoms. The van der Waals surface area contributed by atoms with E-state index in [2.05, 4.69) is 5.32 Å². The number of alkyl halides is 3. The minimum Gasteiger partial charge on any atom is -0.369 e. The molecule has 8 heteroatoms. The van der Waals surface area contributed by atoms with Crippen LogP contribution in [0.25, 0.3) is 0 Å². The summed E-state index contributed by atoms with van der Waals surface area (Å²) in [5, 5.41) is 11.7. The smallest absolute Gasteiger partial charge is 0.234 e. The second-order valence-electron chi connectivity index (χ2n) is 4.73. The zero-order valence-corrected chi connectivity index (χ0v) is 13.3. The van der Waals surface area contributed by atoms with E-state index in [-0.39, 0.29) is 21.7 Å². The van der Waals surface area contributed by atoms with Crippen LogP contribution >= 0.6 is 58.0 Å². The average molecular weight is 355 g/mol. The summed E-state index contributed by atoms with van der Waals surface area (Å²) in [6, 6.07) is 0. The van der Waals surface area contributed by atoms with Gasteiger partial charge < -0.3 is 10.4 Å². The zero-order chi connectivity index (χ0) is 14.3. The number of aliphatic hydroxyl groups excluding tert-OH is 1. The van der Waals surface area contributed by atoms with Gasteiger partial charge in [-0.3, -0.25) is 4.79 Å². The standard InChI is InChI=1S/C10H12Cl5NO2/c1-9(2)4(3-5(11)12)6(9)7(17)16-8(18)10(13,14)15/h3-4,6,8,18H,1-2H3,(H,16,17). The van der Waals surface area contributed by atoms with Crippen molar-refractivity contribution >= 4 is 63.9 Å². The minimum atomic E-state index is -1.97. The van der Waals surface area contributed by atoms with E-state index in [1.165, 1.54) is 0 Å². The quantitative estimate of drug-likeness (QED) is 0.602. The van der Waals surface area contributed by atoms with Gasteiger partial charge in [-0.25, -0.2) is 0 Å². The normalized spacial score (nSPS) is 27.3. The molecule has 2 N–H and O–H groups in total. The fourth-order valence-corrected chi connectivity index (χ4v) is 2.37. The number of halogens is 5. The molecular weight excluding hydrogens is 343 g/mol. The fraction of sp³-hybridized carbons (Fsp3) is 0.700. The molecule has 3 nitrogen and oxygen atoms in total. The summed E-state index contributed by atoms with van der Waals surface area (Å²) in [4.78, 5) is 11.9. The second kappa shape index (κ2) is 5.55. The maximum Gasteiger partial charge on any atom is 0.234 e. The average Bonchev–Trinajstić information content (AvgIpc) is 2.64. The molecule has 3 atom stereocenters. The van der Waals surface area contributed by atoms with Crippen molar-refractivity contribution in [3.63, 3.8) is 0 Å². The molecular formula is C10H12Cl5NO2. The van der Waals surface area contributed by atoms with E-state index in [4.69, 9.17) is 58.0 Å². The van der Waals surface area contributed by atoms with Gasteiger partial charge in [0.1, 0.15) is 4.49 Å². The van der Waals surface area contributed by atoms with Gasteiger partial charge >= 0.3 is 0 Å². The Balaban J connectivity index is 2.68. The van der Waals surface area contributed by atoms with Gasteiger partial charge in [0, 0.05) is 0 Å². The van der Waals surface area contributed by atoms with Gasteiger partial charge in [-0.05, 0) is 17.4 Å². The molecule has 1 fully saturated rings. The van der Waals surface area contributed by atoms with E-state index in [1.807, 2.05) is 13.8 Å². The van der Waals surface area contributed by atoms with Crippen molar-refractivity contribution in [3.8, 4) is 0 Å². The number of carbonyl (C=O) groups is 1. The molecule has 0 aromatic heterocycles. The first-order chi connectivity index (χ1) is 7.98. The molecule has 18 heavy (non-hydrogen) atoms. The maximum absolute atomic E-state index is 11.9. The van der Waals surface area contributed by atoms with Crippen molar-refractivity contribution in [1.82, 2.24) is 5.32 Å². The zero-order valence-electron chi connectivity index (χ0n) is 9.55.